The molecule has 4 nitrogen and oxygen atoms in total. The van der Waals surface area contributed by atoms with E-state index in [1.54, 1.807) is 23.5 Å². The van der Waals surface area contributed by atoms with Crippen molar-refractivity contribution in [1.82, 2.24) is 0 Å². The van der Waals surface area contributed by atoms with Crippen LogP contribution in [0.2, 0.25) is 0 Å². The van der Waals surface area contributed by atoms with Crippen molar-refractivity contribution >= 4 is 29.5 Å². The lowest BCUT2D eigenvalue weighted by Gasteiger charge is -2.33. The SMILES string of the molecule is CC(CCC(=O)O)(Sc1cc(C(C)(C)C)c(O)c(C(C)(C)C)c1)Sc1cc(C(C)(C)C)c(O)c(C(C)(C)C)c1. The Morgan fingerprint density at radius 2 is 0.846 bits per heavy atom. The molecular formula is C33H50O4S2. The van der Waals surface area contributed by atoms with Gasteiger partial charge in [-0.2, -0.15) is 0 Å². The molecule has 2 aromatic rings. The first-order chi connectivity index (χ1) is 17.3. The summed E-state index contributed by atoms with van der Waals surface area (Å²) in [5, 5.41) is 32.0. The summed E-state index contributed by atoms with van der Waals surface area (Å²) < 4.78 is -0.513. The Balaban J connectivity index is 2.72. The third-order valence-corrected chi connectivity index (χ3v) is 9.57. The van der Waals surface area contributed by atoms with Crippen molar-refractivity contribution in [1.29, 1.82) is 0 Å². The zero-order valence-electron chi connectivity index (χ0n) is 26.3. The molecule has 0 saturated heterocycles. The number of thioether (sulfide) groups is 2. The standard InChI is InChI=1S/C33H50O4S2/c1-29(2,3)22-16-20(17-23(27(22)36)30(4,5)6)38-33(13,15-14-26(34)35)39-21-18-24(31(7,8)9)28(37)25(19-21)32(10,11)12/h16-19,36-37H,14-15H2,1-13H3,(H,34,35). The smallest absolute Gasteiger partial charge is 0.303 e. The molecule has 0 spiro atoms. The van der Waals surface area contributed by atoms with Gasteiger partial charge in [0.15, 0.2) is 0 Å². The Morgan fingerprint density at radius 3 is 1.05 bits per heavy atom. The van der Waals surface area contributed by atoms with Gasteiger partial charge in [0.2, 0.25) is 0 Å². The van der Waals surface area contributed by atoms with E-state index in [1.807, 2.05) is 0 Å². The van der Waals surface area contributed by atoms with Gasteiger partial charge in [0.1, 0.15) is 11.5 Å². The predicted molar refractivity (Wildman–Crippen MR) is 168 cm³/mol. The van der Waals surface area contributed by atoms with Gasteiger partial charge in [-0.15, -0.1) is 23.5 Å². The number of carboxylic acids is 1. The Bertz CT molecular complexity index is 1050. The van der Waals surface area contributed by atoms with E-state index in [0.29, 0.717) is 17.9 Å². The van der Waals surface area contributed by atoms with Gasteiger partial charge in [0, 0.05) is 38.5 Å². The number of phenols is 2. The van der Waals surface area contributed by atoms with Crippen LogP contribution in [0.15, 0.2) is 34.1 Å². The number of rotatable bonds is 7. The molecule has 2 aromatic carbocycles. The largest absolute Gasteiger partial charge is 0.507 e. The fourth-order valence-corrected chi connectivity index (χ4v) is 7.43. The summed E-state index contributed by atoms with van der Waals surface area (Å²) >= 11 is 3.31. The number of carbonyl (C=O) groups is 1. The van der Waals surface area contributed by atoms with Crippen LogP contribution >= 0.6 is 23.5 Å². The molecule has 0 fully saturated rings. The van der Waals surface area contributed by atoms with Crippen LogP contribution in [0.25, 0.3) is 0 Å². The number of carboxylic acid groups (broad SMARTS) is 1. The minimum absolute atomic E-state index is 0.0448. The molecule has 218 valence electrons. The maximum atomic E-state index is 11.7. The Kier molecular flexibility index (Phi) is 9.63. The van der Waals surface area contributed by atoms with Gasteiger partial charge in [0.05, 0.1) is 4.08 Å². The van der Waals surface area contributed by atoms with Gasteiger partial charge in [-0.1, -0.05) is 83.1 Å². The summed E-state index contributed by atoms with van der Waals surface area (Å²) in [6.07, 6.45) is 0.494. The number of hydrogen-bond donors (Lipinski definition) is 3. The number of phenolic OH excluding ortho intramolecular Hbond substituents is 2. The molecule has 0 heterocycles. The molecule has 0 aliphatic rings. The van der Waals surface area contributed by atoms with Crippen molar-refractivity contribution in [2.45, 2.75) is 138 Å². The van der Waals surface area contributed by atoms with Crippen molar-refractivity contribution < 1.29 is 20.1 Å². The lowest BCUT2D eigenvalue weighted by Crippen LogP contribution is -2.20. The topological polar surface area (TPSA) is 77.8 Å². The van der Waals surface area contributed by atoms with Crippen LogP contribution < -0.4 is 0 Å². The second-order valence-corrected chi connectivity index (χ2v) is 18.4. The van der Waals surface area contributed by atoms with Crippen LogP contribution in [0.1, 0.15) is 125 Å². The lowest BCUT2D eigenvalue weighted by molar-refractivity contribution is -0.137. The van der Waals surface area contributed by atoms with E-state index >= 15 is 0 Å². The Labute approximate surface area is 245 Å². The second-order valence-electron chi connectivity index (χ2n) is 15.0. The van der Waals surface area contributed by atoms with Gasteiger partial charge in [-0.05, 0) is 59.3 Å². The fraction of sp³-hybridized carbons (Fsp3) is 0.606. The monoisotopic (exact) mass is 574 g/mol. The normalized spacial score (nSPS) is 13.6. The Morgan fingerprint density at radius 1 is 0.590 bits per heavy atom. The van der Waals surface area contributed by atoms with E-state index < -0.39 is 10.0 Å². The highest BCUT2D eigenvalue weighted by Gasteiger charge is 2.34. The molecule has 0 unspecified atom stereocenters. The number of benzene rings is 2. The van der Waals surface area contributed by atoms with Crippen LogP contribution in [-0.2, 0) is 26.5 Å². The fourth-order valence-electron chi connectivity index (χ4n) is 4.58. The van der Waals surface area contributed by atoms with Gasteiger partial charge in [-0.3, -0.25) is 4.79 Å². The molecule has 0 atom stereocenters. The molecule has 0 amide bonds. The second kappa shape index (κ2) is 11.2. The lowest BCUT2D eigenvalue weighted by atomic mass is 9.79. The molecular weight excluding hydrogens is 524 g/mol. The summed E-state index contributed by atoms with van der Waals surface area (Å²) in [5.41, 5.74) is 2.51. The van der Waals surface area contributed by atoms with Crippen LogP contribution in [0.3, 0.4) is 0 Å². The van der Waals surface area contributed by atoms with Gasteiger partial charge in [-0.25, -0.2) is 0 Å². The number of aliphatic carboxylic acids is 1. The van der Waals surface area contributed by atoms with E-state index in [1.165, 1.54) is 0 Å². The highest BCUT2D eigenvalue weighted by Crippen LogP contribution is 2.52. The highest BCUT2D eigenvalue weighted by molar-refractivity contribution is 8.18. The van der Waals surface area contributed by atoms with Crippen molar-refractivity contribution in [3.05, 3.63) is 46.5 Å². The molecule has 39 heavy (non-hydrogen) atoms. The first-order valence-corrected chi connectivity index (χ1v) is 15.3. The average molecular weight is 575 g/mol. The van der Waals surface area contributed by atoms with Crippen molar-refractivity contribution in [3.63, 3.8) is 0 Å². The number of hydrogen-bond acceptors (Lipinski definition) is 5. The van der Waals surface area contributed by atoms with E-state index in [0.717, 1.165) is 32.0 Å². The van der Waals surface area contributed by atoms with E-state index in [-0.39, 0.29) is 28.1 Å². The first-order valence-electron chi connectivity index (χ1n) is 13.7. The molecule has 0 saturated carbocycles. The summed E-state index contributed by atoms with van der Waals surface area (Å²) in [6.45, 7) is 27.3. The quantitative estimate of drug-likeness (QED) is 0.226. The number of aromatic hydroxyl groups is 2. The third-order valence-electron chi connectivity index (χ3n) is 6.86. The van der Waals surface area contributed by atoms with Crippen LogP contribution in [0.5, 0.6) is 11.5 Å². The van der Waals surface area contributed by atoms with Gasteiger partial charge < -0.3 is 15.3 Å². The average Bonchev–Trinajstić information content (AvgIpc) is 2.71. The zero-order valence-corrected chi connectivity index (χ0v) is 27.9. The van der Waals surface area contributed by atoms with Gasteiger partial charge >= 0.3 is 5.97 Å². The van der Waals surface area contributed by atoms with E-state index in [2.05, 4.69) is 114 Å². The van der Waals surface area contributed by atoms with Crippen molar-refractivity contribution in [3.8, 4) is 11.5 Å². The summed E-state index contributed by atoms with van der Waals surface area (Å²) in [6, 6.07) is 8.25. The van der Waals surface area contributed by atoms with Crippen LogP contribution in [0, 0.1) is 0 Å². The minimum atomic E-state index is -0.824. The summed E-state index contributed by atoms with van der Waals surface area (Å²) in [5.74, 6) is -0.153. The first kappa shape index (κ1) is 33.4. The van der Waals surface area contributed by atoms with Crippen LogP contribution in [0.4, 0.5) is 0 Å². The summed E-state index contributed by atoms with van der Waals surface area (Å²) in [7, 11) is 0. The maximum Gasteiger partial charge on any atom is 0.303 e. The molecule has 0 aromatic heterocycles. The van der Waals surface area contributed by atoms with Gasteiger partial charge in [0.25, 0.3) is 0 Å². The zero-order chi connectivity index (χ0) is 30.4. The van der Waals surface area contributed by atoms with Crippen LogP contribution in [-0.4, -0.2) is 25.4 Å². The Hall–Kier alpha value is -1.79. The third kappa shape index (κ3) is 8.60. The molecule has 6 heteroatoms. The van der Waals surface area contributed by atoms with Crippen molar-refractivity contribution in [2.24, 2.45) is 0 Å². The van der Waals surface area contributed by atoms with E-state index in [4.69, 9.17) is 0 Å². The highest BCUT2D eigenvalue weighted by atomic mass is 32.2. The minimum Gasteiger partial charge on any atom is -0.507 e. The molecule has 0 aliphatic carbocycles. The summed E-state index contributed by atoms with van der Waals surface area (Å²) in [4.78, 5) is 13.7. The van der Waals surface area contributed by atoms with E-state index in [9.17, 15) is 20.1 Å². The predicted octanol–water partition coefficient (Wildman–Crippen LogP) is 9.75. The molecule has 0 bridgehead atoms. The molecule has 3 N–H and O–H groups in total. The molecule has 0 aliphatic heterocycles. The molecule has 0 radical (unpaired) electrons. The van der Waals surface area contributed by atoms with Crippen molar-refractivity contribution in [2.75, 3.05) is 0 Å². The maximum absolute atomic E-state index is 11.7. The molecule has 2 rings (SSSR count).